The second-order valence-electron chi connectivity index (χ2n) is 12.3. The molecular formula is C31H41N3O4. The van der Waals surface area contributed by atoms with Crippen molar-refractivity contribution in [1.29, 1.82) is 0 Å². The highest BCUT2D eigenvalue weighted by Gasteiger charge is 2.73. The number of nitrogens with one attached hydrogen (secondary N) is 2. The van der Waals surface area contributed by atoms with Gasteiger partial charge in [0, 0.05) is 17.8 Å². The first-order chi connectivity index (χ1) is 18.4. The summed E-state index contributed by atoms with van der Waals surface area (Å²) in [6.45, 7) is 4.27. The summed E-state index contributed by atoms with van der Waals surface area (Å²) in [5.41, 5.74) is 0.831. The van der Waals surface area contributed by atoms with Crippen LogP contribution in [0.4, 0.5) is 5.69 Å². The van der Waals surface area contributed by atoms with Gasteiger partial charge in [0.15, 0.2) is 0 Å². The first kappa shape index (κ1) is 25.6. The maximum absolute atomic E-state index is 14.2. The van der Waals surface area contributed by atoms with Gasteiger partial charge in [-0.3, -0.25) is 14.4 Å². The third kappa shape index (κ3) is 4.27. The highest BCUT2D eigenvalue weighted by molar-refractivity contribution is 6.03. The molecule has 3 unspecified atom stereocenters. The Morgan fingerprint density at radius 3 is 2.26 bits per heavy atom. The largest absolute Gasteiger partial charge is 0.359 e. The van der Waals surface area contributed by atoms with Crippen molar-refractivity contribution in [3.8, 4) is 0 Å². The van der Waals surface area contributed by atoms with Crippen molar-refractivity contribution in [1.82, 2.24) is 10.2 Å². The molecule has 204 valence electrons. The summed E-state index contributed by atoms with van der Waals surface area (Å²) in [5, 5.41) is 6.34. The Morgan fingerprint density at radius 2 is 1.61 bits per heavy atom. The highest BCUT2D eigenvalue weighted by atomic mass is 16.5. The van der Waals surface area contributed by atoms with Gasteiger partial charge in [-0.25, -0.2) is 0 Å². The van der Waals surface area contributed by atoms with Gasteiger partial charge in [0.05, 0.1) is 17.9 Å². The summed E-state index contributed by atoms with van der Waals surface area (Å²) in [4.78, 5) is 43.7. The fourth-order valence-corrected chi connectivity index (χ4v) is 7.66. The van der Waals surface area contributed by atoms with Crippen LogP contribution in [0.25, 0.3) is 0 Å². The van der Waals surface area contributed by atoms with E-state index in [4.69, 9.17) is 4.74 Å². The van der Waals surface area contributed by atoms with Gasteiger partial charge in [-0.05, 0) is 49.3 Å². The molecule has 4 fully saturated rings. The van der Waals surface area contributed by atoms with Crippen molar-refractivity contribution in [3.63, 3.8) is 0 Å². The van der Waals surface area contributed by atoms with Crippen LogP contribution in [-0.2, 0) is 19.1 Å². The molecule has 38 heavy (non-hydrogen) atoms. The van der Waals surface area contributed by atoms with Gasteiger partial charge >= 0.3 is 0 Å². The zero-order valence-corrected chi connectivity index (χ0v) is 22.7. The number of likely N-dealkylation sites (tertiary alicyclic amines) is 1. The third-order valence-corrected chi connectivity index (χ3v) is 9.63. The maximum atomic E-state index is 14.2. The lowest BCUT2D eigenvalue weighted by Gasteiger charge is -2.39. The summed E-state index contributed by atoms with van der Waals surface area (Å²) in [5.74, 6) is -1.36. The summed E-state index contributed by atoms with van der Waals surface area (Å²) in [7, 11) is 0. The maximum Gasteiger partial charge on any atom is 0.246 e. The van der Waals surface area contributed by atoms with Crippen LogP contribution in [-0.4, -0.2) is 52.5 Å². The van der Waals surface area contributed by atoms with Gasteiger partial charge in [-0.1, -0.05) is 76.7 Å². The fraction of sp³-hybridized carbons (Fsp3) is 0.645. The number of rotatable bonds is 6. The predicted molar refractivity (Wildman–Crippen MR) is 145 cm³/mol. The number of ether oxygens (including phenoxy) is 1. The molecule has 2 bridgehead atoms. The number of nitrogens with zero attached hydrogens (tertiary/aromatic N) is 1. The Labute approximate surface area is 225 Å². The number of carbonyl (C=O) groups is 3. The standard InChI is InChI=1S/C31H41N3O4/c1-19(2)20-13-15-22(16-14-20)32-28(35)25-24-17-18-31(38-24)26(25)30(37)34(23-11-7-4-8-12-23)27(31)29(36)33-21-9-5-3-6-10-21/h13-19,21,23-27H,3-12H2,1-2H3,(H,32,35)(H,33,36)/t24-,25?,26-,27?,31?/m1/s1. The monoisotopic (exact) mass is 519 g/mol. The molecule has 0 aromatic heterocycles. The molecule has 7 nitrogen and oxygen atoms in total. The second-order valence-corrected chi connectivity index (χ2v) is 12.3. The molecule has 1 aromatic rings. The van der Waals surface area contributed by atoms with Gasteiger partial charge in [-0.2, -0.15) is 0 Å². The van der Waals surface area contributed by atoms with E-state index in [-0.39, 0.29) is 29.8 Å². The van der Waals surface area contributed by atoms with Crippen molar-refractivity contribution in [3.05, 3.63) is 42.0 Å². The number of carbonyl (C=O) groups excluding carboxylic acids is 3. The molecule has 2 saturated carbocycles. The molecule has 6 rings (SSSR count). The van der Waals surface area contributed by atoms with Crippen LogP contribution in [0.5, 0.6) is 0 Å². The number of hydrogen-bond donors (Lipinski definition) is 2. The number of hydrogen-bond acceptors (Lipinski definition) is 4. The summed E-state index contributed by atoms with van der Waals surface area (Å²) >= 11 is 0. The Hall–Kier alpha value is -2.67. The summed E-state index contributed by atoms with van der Waals surface area (Å²) < 4.78 is 6.53. The second kappa shape index (κ2) is 10.1. The normalized spacial score (nSPS) is 33.1. The highest BCUT2D eigenvalue weighted by Crippen LogP contribution is 2.56. The molecule has 5 aliphatic rings. The van der Waals surface area contributed by atoms with Gasteiger partial charge in [-0.15, -0.1) is 0 Å². The SMILES string of the molecule is CC(C)c1ccc(NC(=O)C2[C@H]3C=CC4(O3)C(C(=O)NC3CCCCC3)N(C3CCCCC3)C(=O)[C@@H]24)cc1. The average molecular weight is 520 g/mol. The van der Waals surface area contributed by atoms with Crippen LogP contribution in [0.3, 0.4) is 0 Å². The topological polar surface area (TPSA) is 87.7 Å². The molecule has 5 atom stereocenters. The minimum atomic E-state index is -1.08. The lowest BCUT2D eigenvalue weighted by Crippen LogP contribution is -2.58. The van der Waals surface area contributed by atoms with Gasteiger partial charge in [0.1, 0.15) is 11.6 Å². The van der Waals surface area contributed by atoms with E-state index in [1.165, 1.54) is 12.0 Å². The molecule has 7 heteroatoms. The van der Waals surface area contributed by atoms with Crippen LogP contribution < -0.4 is 10.6 Å². The van der Waals surface area contributed by atoms with E-state index in [2.05, 4.69) is 24.5 Å². The lowest BCUT2D eigenvalue weighted by atomic mass is 9.74. The summed E-state index contributed by atoms with van der Waals surface area (Å²) in [6.07, 6.45) is 13.8. The van der Waals surface area contributed by atoms with E-state index in [0.29, 0.717) is 11.6 Å². The lowest BCUT2D eigenvalue weighted by molar-refractivity contribution is -0.144. The van der Waals surface area contributed by atoms with E-state index in [1.807, 2.05) is 41.3 Å². The van der Waals surface area contributed by atoms with Gasteiger partial charge < -0.3 is 20.3 Å². The molecular weight excluding hydrogens is 478 g/mol. The molecule has 3 aliphatic heterocycles. The molecule has 3 heterocycles. The van der Waals surface area contributed by atoms with Crippen LogP contribution in [0.15, 0.2) is 36.4 Å². The molecule has 2 N–H and O–H groups in total. The molecule has 1 spiro atoms. The Bertz CT molecular complexity index is 1100. The van der Waals surface area contributed by atoms with E-state index in [9.17, 15) is 14.4 Å². The van der Waals surface area contributed by atoms with Crippen LogP contribution in [0.1, 0.15) is 89.5 Å². The van der Waals surface area contributed by atoms with Crippen LogP contribution >= 0.6 is 0 Å². The minimum absolute atomic E-state index is 0.0154. The van der Waals surface area contributed by atoms with Crippen molar-refractivity contribution in [2.24, 2.45) is 11.8 Å². The fourth-order valence-electron chi connectivity index (χ4n) is 7.66. The molecule has 2 saturated heterocycles. The number of fused-ring (bicyclic) bond motifs is 1. The zero-order valence-electron chi connectivity index (χ0n) is 22.7. The Kier molecular flexibility index (Phi) is 6.83. The smallest absolute Gasteiger partial charge is 0.246 e. The Balaban J connectivity index is 1.29. The molecule has 2 aliphatic carbocycles. The van der Waals surface area contributed by atoms with E-state index in [0.717, 1.165) is 57.8 Å². The molecule has 0 radical (unpaired) electrons. The van der Waals surface area contributed by atoms with Gasteiger partial charge in [0.2, 0.25) is 17.7 Å². The number of benzene rings is 1. The van der Waals surface area contributed by atoms with Crippen molar-refractivity contribution < 1.29 is 19.1 Å². The zero-order chi connectivity index (χ0) is 26.4. The third-order valence-electron chi connectivity index (χ3n) is 9.63. The van der Waals surface area contributed by atoms with E-state index < -0.39 is 29.6 Å². The average Bonchev–Trinajstić information content (AvgIpc) is 3.57. The first-order valence-electron chi connectivity index (χ1n) is 14.8. The predicted octanol–water partition coefficient (Wildman–Crippen LogP) is 4.68. The molecule has 3 amide bonds. The van der Waals surface area contributed by atoms with Crippen molar-refractivity contribution in [2.45, 2.75) is 114 Å². The van der Waals surface area contributed by atoms with Gasteiger partial charge in [0.25, 0.3) is 0 Å². The number of anilines is 1. The first-order valence-corrected chi connectivity index (χ1v) is 14.8. The van der Waals surface area contributed by atoms with Crippen molar-refractivity contribution in [2.75, 3.05) is 5.32 Å². The quantitative estimate of drug-likeness (QED) is 0.534. The van der Waals surface area contributed by atoms with E-state index in [1.54, 1.807) is 0 Å². The molecule has 1 aromatic carbocycles. The summed E-state index contributed by atoms with van der Waals surface area (Å²) in [6, 6.07) is 7.31. The van der Waals surface area contributed by atoms with Crippen molar-refractivity contribution >= 4 is 23.4 Å². The Morgan fingerprint density at radius 1 is 0.947 bits per heavy atom. The number of amides is 3. The minimum Gasteiger partial charge on any atom is -0.359 e. The van der Waals surface area contributed by atoms with E-state index >= 15 is 0 Å². The van der Waals surface area contributed by atoms with Crippen LogP contribution in [0, 0.1) is 11.8 Å². The van der Waals surface area contributed by atoms with Crippen LogP contribution in [0.2, 0.25) is 0 Å².